The number of esters is 1. The van der Waals surface area contributed by atoms with Crippen molar-refractivity contribution in [2.24, 2.45) is 0 Å². The van der Waals surface area contributed by atoms with Gasteiger partial charge in [-0.1, -0.05) is 30.7 Å². The highest BCUT2D eigenvalue weighted by molar-refractivity contribution is 6.31. The van der Waals surface area contributed by atoms with E-state index in [1.165, 1.54) is 29.9 Å². The molecule has 3 rings (SSSR count). The number of methoxy groups -OCH3 is 1. The van der Waals surface area contributed by atoms with Crippen LogP contribution in [0.25, 0.3) is 10.9 Å². The Morgan fingerprint density at radius 3 is 2.53 bits per heavy atom. The molecule has 1 aromatic heterocycles. The maximum atomic E-state index is 12.9. The Morgan fingerprint density at radius 1 is 1.10 bits per heavy atom. The van der Waals surface area contributed by atoms with Gasteiger partial charge in [-0.15, -0.1) is 0 Å². The molecule has 0 unspecified atom stereocenters. The van der Waals surface area contributed by atoms with Gasteiger partial charge < -0.3 is 10.1 Å². The smallest absolute Gasteiger partial charge is 0.339 e. The topological polar surface area (TPSA) is 99.4 Å². The number of rotatable bonds is 6. The largest absolute Gasteiger partial charge is 0.465 e. The molecule has 0 saturated heterocycles. The lowest BCUT2D eigenvalue weighted by Crippen LogP contribution is -2.41. The number of hydrogen-bond acceptors (Lipinski definition) is 5. The molecule has 0 aliphatic heterocycles. The van der Waals surface area contributed by atoms with Crippen LogP contribution in [0.2, 0.25) is 5.02 Å². The Bertz CT molecular complexity index is 1250. The highest BCUT2D eigenvalue weighted by atomic mass is 35.5. The summed E-state index contributed by atoms with van der Waals surface area (Å²) in [5, 5.41) is 3.26. The highest BCUT2D eigenvalue weighted by Crippen LogP contribution is 2.22. The summed E-state index contributed by atoms with van der Waals surface area (Å²) < 4.78 is 7.08. The fourth-order valence-corrected chi connectivity index (χ4v) is 3.36. The van der Waals surface area contributed by atoms with E-state index in [2.05, 4.69) is 5.32 Å². The van der Waals surface area contributed by atoms with E-state index in [4.69, 9.17) is 16.3 Å². The predicted molar refractivity (Wildman–Crippen MR) is 114 cm³/mol. The molecule has 8 nitrogen and oxygen atoms in total. The monoisotopic (exact) mass is 429 g/mol. The van der Waals surface area contributed by atoms with Crippen LogP contribution in [0.15, 0.2) is 52.1 Å². The van der Waals surface area contributed by atoms with Crippen LogP contribution in [0, 0.1) is 0 Å². The Morgan fingerprint density at radius 2 is 1.83 bits per heavy atom. The van der Waals surface area contributed by atoms with Gasteiger partial charge in [0.05, 0.1) is 29.3 Å². The van der Waals surface area contributed by atoms with Gasteiger partial charge >= 0.3 is 11.7 Å². The molecule has 1 heterocycles. The van der Waals surface area contributed by atoms with Crippen LogP contribution in [0.5, 0.6) is 0 Å². The Balaban J connectivity index is 2.03. The summed E-state index contributed by atoms with van der Waals surface area (Å²) in [7, 11) is 1.23. The predicted octanol–water partition coefficient (Wildman–Crippen LogP) is 2.65. The van der Waals surface area contributed by atoms with E-state index in [1.54, 1.807) is 24.3 Å². The lowest BCUT2D eigenvalue weighted by atomic mass is 10.1. The zero-order chi connectivity index (χ0) is 21.8. The zero-order valence-electron chi connectivity index (χ0n) is 16.5. The summed E-state index contributed by atoms with van der Waals surface area (Å²) in [6.07, 6.45) is 0.588. The van der Waals surface area contributed by atoms with Gasteiger partial charge in [0.15, 0.2) is 0 Å². The van der Waals surface area contributed by atoms with Gasteiger partial charge in [0.2, 0.25) is 5.91 Å². The summed E-state index contributed by atoms with van der Waals surface area (Å²) in [6, 6.07) is 11.0. The average molecular weight is 430 g/mol. The van der Waals surface area contributed by atoms with Crippen molar-refractivity contribution in [3.63, 3.8) is 0 Å². The Hall–Kier alpha value is -3.39. The van der Waals surface area contributed by atoms with Crippen molar-refractivity contribution in [1.82, 2.24) is 9.13 Å². The van der Waals surface area contributed by atoms with Crippen molar-refractivity contribution in [2.45, 2.75) is 26.4 Å². The summed E-state index contributed by atoms with van der Waals surface area (Å²) >= 11 is 5.99. The van der Waals surface area contributed by atoms with Crippen molar-refractivity contribution in [3.05, 3.63) is 73.9 Å². The molecule has 0 aliphatic rings. The molecule has 0 bridgehead atoms. The van der Waals surface area contributed by atoms with Crippen molar-refractivity contribution < 1.29 is 14.3 Å². The van der Waals surface area contributed by atoms with E-state index in [1.807, 2.05) is 6.92 Å². The van der Waals surface area contributed by atoms with E-state index in [0.717, 1.165) is 4.57 Å². The van der Waals surface area contributed by atoms with Crippen LogP contribution in [0.3, 0.4) is 0 Å². The third-order valence-electron chi connectivity index (χ3n) is 4.54. The minimum absolute atomic E-state index is 0.128. The van der Waals surface area contributed by atoms with Crippen molar-refractivity contribution in [2.75, 3.05) is 12.4 Å². The Labute approximate surface area is 176 Å². The molecular formula is C21H20ClN3O5. The van der Waals surface area contributed by atoms with Crippen LogP contribution >= 0.6 is 11.6 Å². The molecule has 0 fully saturated rings. The fourth-order valence-electron chi connectivity index (χ4n) is 3.19. The fraction of sp³-hybridized carbons (Fsp3) is 0.238. The first-order valence-corrected chi connectivity index (χ1v) is 9.65. The van der Waals surface area contributed by atoms with Gasteiger partial charge in [-0.2, -0.15) is 0 Å². The summed E-state index contributed by atoms with van der Waals surface area (Å²) in [5.74, 6) is -1.20. The number of halogens is 1. The second-order valence-electron chi connectivity index (χ2n) is 6.57. The molecule has 2 aromatic carbocycles. The third-order valence-corrected chi connectivity index (χ3v) is 4.78. The van der Waals surface area contributed by atoms with Gasteiger partial charge in [0.25, 0.3) is 5.56 Å². The van der Waals surface area contributed by atoms with Crippen molar-refractivity contribution in [3.8, 4) is 0 Å². The van der Waals surface area contributed by atoms with E-state index >= 15 is 0 Å². The second-order valence-corrected chi connectivity index (χ2v) is 7.01. The number of aromatic nitrogens is 2. The second kappa shape index (κ2) is 8.96. The van der Waals surface area contributed by atoms with E-state index in [9.17, 15) is 19.2 Å². The van der Waals surface area contributed by atoms with Crippen LogP contribution in [-0.2, 0) is 22.6 Å². The van der Waals surface area contributed by atoms with E-state index in [-0.39, 0.29) is 24.3 Å². The SMILES string of the molecule is CCCn1c(=O)c2ccccc2n(CC(=O)Nc2cc(Cl)ccc2C(=O)OC)c1=O. The number of para-hydroxylation sites is 1. The van der Waals surface area contributed by atoms with Crippen LogP contribution < -0.4 is 16.6 Å². The molecule has 1 amide bonds. The normalized spacial score (nSPS) is 10.8. The first-order chi connectivity index (χ1) is 14.4. The van der Waals surface area contributed by atoms with Crippen LogP contribution in [0.4, 0.5) is 5.69 Å². The molecular weight excluding hydrogens is 410 g/mol. The first-order valence-electron chi connectivity index (χ1n) is 9.27. The van der Waals surface area contributed by atoms with Crippen LogP contribution in [0.1, 0.15) is 23.7 Å². The lowest BCUT2D eigenvalue weighted by Gasteiger charge is -2.15. The van der Waals surface area contributed by atoms with E-state index < -0.39 is 23.1 Å². The van der Waals surface area contributed by atoms with Gasteiger partial charge in [0.1, 0.15) is 6.54 Å². The molecule has 0 saturated carbocycles. The van der Waals surface area contributed by atoms with Gasteiger partial charge in [0, 0.05) is 11.6 Å². The van der Waals surface area contributed by atoms with Crippen LogP contribution in [-0.4, -0.2) is 28.1 Å². The number of anilines is 1. The molecule has 0 radical (unpaired) electrons. The number of hydrogen-bond donors (Lipinski definition) is 1. The molecule has 0 aliphatic carbocycles. The number of nitrogens with zero attached hydrogens (tertiary/aromatic N) is 2. The average Bonchev–Trinajstić information content (AvgIpc) is 2.73. The number of amides is 1. The zero-order valence-corrected chi connectivity index (χ0v) is 17.2. The molecule has 9 heteroatoms. The summed E-state index contributed by atoms with van der Waals surface area (Å²) in [5.41, 5.74) is -0.316. The number of nitrogens with one attached hydrogen (secondary N) is 1. The third kappa shape index (κ3) is 4.13. The number of fused-ring (bicyclic) bond motifs is 1. The van der Waals surface area contributed by atoms with Crippen molar-refractivity contribution in [1.29, 1.82) is 0 Å². The summed E-state index contributed by atoms with van der Waals surface area (Å²) in [6.45, 7) is 1.74. The van der Waals surface area contributed by atoms with E-state index in [0.29, 0.717) is 22.3 Å². The molecule has 3 aromatic rings. The van der Waals surface area contributed by atoms with Gasteiger partial charge in [-0.25, -0.2) is 9.59 Å². The maximum absolute atomic E-state index is 12.9. The number of ether oxygens (including phenoxy) is 1. The van der Waals surface area contributed by atoms with Gasteiger partial charge in [-0.3, -0.25) is 18.7 Å². The molecule has 0 atom stereocenters. The quantitative estimate of drug-likeness (QED) is 0.607. The minimum Gasteiger partial charge on any atom is -0.465 e. The van der Waals surface area contributed by atoms with Gasteiger partial charge in [-0.05, 0) is 36.8 Å². The molecule has 1 N–H and O–H groups in total. The number of carbonyl (C=O) groups is 2. The number of carbonyl (C=O) groups excluding carboxylic acids is 2. The number of benzene rings is 2. The van der Waals surface area contributed by atoms with Crippen molar-refractivity contribution >= 4 is 40.1 Å². The standard InChI is InChI=1S/C21H20ClN3O5/c1-3-10-24-19(27)15-6-4-5-7-17(15)25(21(24)29)12-18(26)23-16-11-13(22)8-9-14(16)20(28)30-2/h4-9,11H,3,10,12H2,1-2H3,(H,23,26). The lowest BCUT2D eigenvalue weighted by molar-refractivity contribution is -0.116. The Kier molecular flexibility index (Phi) is 6.37. The highest BCUT2D eigenvalue weighted by Gasteiger charge is 2.18. The maximum Gasteiger partial charge on any atom is 0.339 e. The minimum atomic E-state index is -0.638. The summed E-state index contributed by atoms with van der Waals surface area (Å²) in [4.78, 5) is 50.3. The molecule has 156 valence electrons. The molecule has 30 heavy (non-hydrogen) atoms. The molecule has 0 spiro atoms. The first kappa shape index (κ1) is 21.3.